The summed E-state index contributed by atoms with van der Waals surface area (Å²) in [7, 11) is 1.89. The highest BCUT2D eigenvalue weighted by molar-refractivity contribution is 5.83. The van der Waals surface area contributed by atoms with E-state index in [9.17, 15) is 4.79 Å². The molecule has 7 nitrogen and oxygen atoms in total. The molecule has 2 heterocycles. The van der Waals surface area contributed by atoms with Gasteiger partial charge in [0.1, 0.15) is 18.0 Å². The highest BCUT2D eigenvalue weighted by Crippen LogP contribution is 2.36. The summed E-state index contributed by atoms with van der Waals surface area (Å²) in [4.78, 5) is 25.1. The molecule has 1 saturated carbocycles. The van der Waals surface area contributed by atoms with Crippen molar-refractivity contribution in [3.63, 3.8) is 0 Å². The van der Waals surface area contributed by atoms with Crippen LogP contribution in [0.5, 0.6) is 0 Å². The van der Waals surface area contributed by atoms with Gasteiger partial charge < -0.3 is 21.3 Å². The molecule has 1 aromatic heterocycles. The third-order valence-electron chi connectivity index (χ3n) is 9.27. The van der Waals surface area contributed by atoms with Crippen molar-refractivity contribution < 1.29 is 4.79 Å². The summed E-state index contributed by atoms with van der Waals surface area (Å²) in [6, 6.07) is 0. The number of hydrogen-bond donors (Lipinski definition) is 3. The summed E-state index contributed by atoms with van der Waals surface area (Å²) in [5.74, 6) is 1.93. The van der Waals surface area contributed by atoms with Gasteiger partial charge in [0.25, 0.3) is 0 Å². The highest BCUT2D eigenvalue weighted by atomic mass is 16.2. The first-order chi connectivity index (χ1) is 18.8. The van der Waals surface area contributed by atoms with Gasteiger partial charge in [0.05, 0.1) is 5.41 Å². The quantitative estimate of drug-likeness (QED) is 0.331. The lowest BCUT2D eigenvalue weighted by atomic mass is 9.76. The first kappa shape index (κ1) is 31.4. The number of carbonyl (C=O) groups is 1. The maximum atomic E-state index is 13.7. The molecule has 39 heavy (non-hydrogen) atoms. The Morgan fingerprint density at radius 3 is 1.97 bits per heavy atom. The Bertz CT molecular complexity index is 894. The number of carbonyl (C=O) groups excluding carboxylic acids is 1. The number of anilines is 2. The van der Waals surface area contributed by atoms with Gasteiger partial charge in [-0.2, -0.15) is 0 Å². The van der Waals surface area contributed by atoms with Gasteiger partial charge in [0.2, 0.25) is 5.91 Å². The molecular weight excluding hydrogens is 484 g/mol. The maximum Gasteiger partial charge on any atom is 0.227 e. The SMILES string of the molecule is C=C(C)Cc1c(NC)ncnc1N1CCC(CN)(C(=O)NCC2(C)CCCCCCCCCCCCC2)CC1. The number of nitrogens with two attached hydrogens (primary N) is 1. The topological polar surface area (TPSA) is 96.2 Å². The first-order valence-electron chi connectivity index (χ1n) is 15.7. The summed E-state index contributed by atoms with van der Waals surface area (Å²) in [6.45, 7) is 11.2. The fourth-order valence-corrected chi connectivity index (χ4v) is 6.50. The smallest absolute Gasteiger partial charge is 0.227 e. The number of nitrogens with zero attached hydrogens (tertiary/aromatic N) is 3. The van der Waals surface area contributed by atoms with Gasteiger partial charge in [-0.1, -0.05) is 89.7 Å². The molecule has 1 amide bonds. The minimum Gasteiger partial charge on any atom is -0.373 e. The lowest BCUT2D eigenvalue weighted by Crippen LogP contribution is -2.54. The Morgan fingerprint density at radius 2 is 1.49 bits per heavy atom. The third kappa shape index (κ3) is 9.19. The van der Waals surface area contributed by atoms with Crippen LogP contribution < -0.4 is 21.3 Å². The average molecular weight is 541 g/mol. The number of rotatable bonds is 8. The van der Waals surface area contributed by atoms with Crippen molar-refractivity contribution in [3.05, 3.63) is 24.0 Å². The van der Waals surface area contributed by atoms with Crippen molar-refractivity contribution in [2.75, 3.05) is 43.4 Å². The van der Waals surface area contributed by atoms with Gasteiger partial charge in [-0.15, -0.1) is 0 Å². The minimum absolute atomic E-state index is 0.144. The Morgan fingerprint density at radius 1 is 0.949 bits per heavy atom. The third-order valence-corrected chi connectivity index (χ3v) is 9.27. The fraction of sp³-hybridized carbons (Fsp3) is 0.781. The zero-order valence-electron chi connectivity index (χ0n) is 25.3. The second kappa shape index (κ2) is 15.6. The van der Waals surface area contributed by atoms with Crippen molar-refractivity contribution in [1.29, 1.82) is 0 Å². The highest BCUT2D eigenvalue weighted by Gasteiger charge is 2.41. The summed E-state index contributed by atoms with van der Waals surface area (Å²) in [5.41, 5.74) is 8.12. The second-order valence-corrected chi connectivity index (χ2v) is 12.8. The lowest BCUT2D eigenvalue weighted by molar-refractivity contribution is -0.132. The van der Waals surface area contributed by atoms with E-state index < -0.39 is 5.41 Å². The molecule has 4 N–H and O–H groups in total. The molecule has 0 spiro atoms. The summed E-state index contributed by atoms with van der Waals surface area (Å²) >= 11 is 0. The lowest BCUT2D eigenvalue weighted by Gasteiger charge is -2.41. The summed E-state index contributed by atoms with van der Waals surface area (Å²) in [5, 5.41) is 6.62. The van der Waals surface area contributed by atoms with E-state index in [1.54, 1.807) is 6.33 Å². The maximum absolute atomic E-state index is 13.7. The molecule has 2 fully saturated rings. The van der Waals surface area contributed by atoms with Gasteiger partial charge in [0, 0.05) is 45.2 Å². The Kier molecular flexibility index (Phi) is 12.5. The number of allylic oxidation sites excluding steroid dienone is 1. The monoisotopic (exact) mass is 540 g/mol. The largest absolute Gasteiger partial charge is 0.373 e. The molecule has 0 aromatic carbocycles. The summed E-state index contributed by atoms with van der Waals surface area (Å²) < 4.78 is 0. The van der Waals surface area contributed by atoms with Crippen molar-refractivity contribution in [1.82, 2.24) is 15.3 Å². The molecule has 0 atom stereocenters. The average Bonchev–Trinajstić information content (AvgIpc) is 2.94. The van der Waals surface area contributed by atoms with E-state index in [2.05, 4.69) is 39.0 Å². The summed E-state index contributed by atoms with van der Waals surface area (Å²) in [6.07, 6.45) is 21.0. The molecule has 220 valence electrons. The van der Waals surface area contributed by atoms with Crippen LogP contribution in [0.4, 0.5) is 11.6 Å². The molecule has 3 rings (SSSR count). The van der Waals surface area contributed by atoms with Crippen LogP contribution in [-0.2, 0) is 11.2 Å². The fourth-order valence-electron chi connectivity index (χ4n) is 6.50. The minimum atomic E-state index is -0.512. The van der Waals surface area contributed by atoms with Gasteiger partial charge in [-0.3, -0.25) is 4.79 Å². The van der Waals surface area contributed by atoms with Crippen molar-refractivity contribution >= 4 is 17.5 Å². The van der Waals surface area contributed by atoms with E-state index in [0.717, 1.165) is 61.7 Å². The van der Waals surface area contributed by atoms with Gasteiger partial charge in [-0.25, -0.2) is 9.97 Å². The van der Waals surface area contributed by atoms with Crippen LogP contribution in [0.1, 0.15) is 116 Å². The van der Waals surface area contributed by atoms with Crippen molar-refractivity contribution in [3.8, 4) is 0 Å². The predicted molar refractivity (Wildman–Crippen MR) is 164 cm³/mol. The van der Waals surface area contributed by atoms with Crippen LogP contribution in [0.2, 0.25) is 0 Å². The number of piperidine rings is 1. The van der Waals surface area contributed by atoms with Crippen LogP contribution in [0, 0.1) is 10.8 Å². The molecule has 1 saturated heterocycles. The van der Waals surface area contributed by atoms with Crippen LogP contribution in [0.15, 0.2) is 18.5 Å². The van der Waals surface area contributed by atoms with Gasteiger partial charge in [-0.05, 0) is 38.0 Å². The van der Waals surface area contributed by atoms with E-state index in [4.69, 9.17) is 5.73 Å². The van der Waals surface area contributed by atoms with Crippen LogP contribution in [0.3, 0.4) is 0 Å². The van der Waals surface area contributed by atoms with E-state index in [1.165, 1.54) is 83.5 Å². The van der Waals surface area contributed by atoms with Crippen molar-refractivity contribution in [2.24, 2.45) is 16.6 Å². The van der Waals surface area contributed by atoms with Gasteiger partial charge >= 0.3 is 0 Å². The number of hydrogen-bond acceptors (Lipinski definition) is 6. The molecule has 1 aliphatic heterocycles. The van der Waals surface area contributed by atoms with Crippen molar-refractivity contribution in [2.45, 2.75) is 117 Å². The normalized spacial score (nSPS) is 21.0. The predicted octanol–water partition coefficient (Wildman–Crippen LogP) is 6.39. The number of aromatic nitrogens is 2. The van der Waals surface area contributed by atoms with E-state index in [0.29, 0.717) is 6.54 Å². The molecule has 0 bridgehead atoms. The molecule has 0 radical (unpaired) electrons. The van der Waals surface area contributed by atoms with Crippen LogP contribution >= 0.6 is 0 Å². The van der Waals surface area contributed by atoms with E-state index in [1.807, 2.05) is 14.0 Å². The van der Waals surface area contributed by atoms with E-state index >= 15 is 0 Å². The van der Waals surface area contributed by atoms with Gasteiger partial charge in [0.15, 0.2) is 0 Å². The Balaban J connectivity index is 1.61. The molecule has 1 aromatic rings. The standard InChI is InChI=1S/C32H56N6O/c1-26(2)22-27-28(34-4)36-25-37-29(27)38-20-18-32(23-33,19-21-38)30(39)35-24-31(3)16-14-12-10-8-6-5-7-9-11-13-15-17-31/h25H,1,5-24,33H2,2-4H3,(H,35,39)(H,34,36,37). The number of amides is 1. The van der Waals surface area contributed by atoms with Crippen LogP contribution in [-0.4, -0.2) is 49.1 Å². The molecular formula is C32H56N6O. The zero-order valence-corrected chi connectivity index (χ0v) is 25.3. The molecule has 0 unspecified atom stereocenters. The van der Waals surface area contributed by atoms with Crippen LogP contribution in [0.25, 0.3) is 0 Å². The van der Waals surface area contributed by atoms with E-state index in [-0.39, 0.29) is 11.3 Å². The number of nitrogens with one attached hydrogen (secondary N) is 2. The molecule has 1 aliphatic carbocycles. The molecule has 2 aliphatic rings. The Labute approximate surface area is 238 Å². The second-order valence-electron chi connectivity index (χ2n) is 12.8. The first-order valence-corrected chi connectivity index (χ1v) is 15.7. The Hall–Kier alpha value is -2.15. The molecule has 7 heteroatoms. The zero-order chi connectivity index (χ0) is 28.1.